The molecule has 0 aliphatic rings. The number of hydrogen-bond acceptors (Lipinski definition) is 5. The molecular formula is C16H20N2O3. The summed E-state index contributed by atoms with van der Waals surface area (Å²) < 4.78 is 11.4. The van der Waals surface area contributed by atoms with E-state index in [2.05, 4.69) is 4.98 Å². The second-order valence-corrected chi connectivity index (χ2v) is 5.66. The van der Waals surface area contributed by atoms with Gasteiger partial charge in [0.1, 0.15) is 11.4 Å². The normalized spacial score (nSPS) is 11.2. The molecule has 0 bridgehead atoms. The fourth-order valence-corrected chi connectivity index (χ4v) is 1.65. The first kappa shape index (κ1) is 15.1. The quantitative estimate of drug-likeness (QED) is 0.903. The summed E-state index contributed by atoms with van der Waals surface area (Å²) in [7, 11) is 0. The molecule has 0 saturated carbocycles. The number of aromatic nitrogens is 1. The third kappa shape index (κ3) is 4.36. The number of ether oxygens (including phenoxy) is 2. The van der Waals surface area contributed by atoms with Crippen molar-refractivity contribution in [2.75, 3.05) is 5.73 Å². The Morgan fingerprint density at radius 3 is 2.33 bits per heavy atom. The van der Waals surface area contributed by atoms with E-state index in [-0.39, 0.29) is 12.2 Å². The Bertz CT molecular complexity index is 604. The minimum Gasteiger partial charge on any atom is -0.470 e. The Morgan fingerprint density at radius 1 is 1.10 bits per heavy atom. The number of rotatable bonds is 4. The van der Waals surface area contributed by atoms with Crippen LogP contribution >= 0.6 is 0 Å². The predicted octanol–water partition coefficient (Wildman–Crippen LogP) is 3.13. The fourth-order valence-electron chi connectivity index (χ4n) is 1.65. The van der Waals surface area contributed by atoms with Crippen molar-refractivity contribution < 1.29 is 14.6 Å². The molecule has 0 unspecified atom stereocenters. The van der Waals surface area contributed by atoms with Crippen LogP contribution in [-0.4, -0.2) is 15.7 Å². The van der Waals surface area contributed by atoms with Gasteiger partial charge in [0.15, 0.2) is 0 Å². The fraction of sp³-hybridized carbons (Fsp3) is 0.312. The maximum Gasteiger partial charge on any atom is 0.241 e. The van der Waals surface area contributed by atoms with E-state index in [0.717, 1.165) is 5.56 Å². The monoisotopic (exact) mass is 288 g/mol. The van der Waals surface area contributed by atoms with Crippen LogP contribution in [-0.2, 0) is 6.61 Å². The second kappa shape index (κ2) is 6.01. The zero-order valence-electron chi connectivity index (χ0n) is 12.5. The molecule has 0 radical (unpaired) electrons. The summed E-state index contributed by atoms with van der Waals surface area (Å²) in [6, 6.07) is 10.5. The number of aliphatic hydroxyl groups excluding tert-OH is 1. The van der Waals surface area contributed by atoms with Gasteiger partial charge in [-0.05, 0) is 44.5 Å². The molecule has 21 heavy (non-hydrogen) atoms. The van der Waals surface area contributed by atoms with Gasteiger partial charge in [0.2, 0.25) is 11.8 Å². The molecule has 1 aromatic carbocycles. The minimum absolute atomic E-state index is 0.00394. The Morgan fingerprint density at radius 2 is 1.76 bits per heavy atom. The maximum atomic E-state index is 9.01. The molecule has 3 N–H and O–H groups in total. The van der Waals surface area contributed by atoms with Crippen molar-refractivity contribution in [2.45, 2.75) is 33.0 Å². The van der Waals surface area contributed by atoms with Crippen LogP contribution in [0.25, 0.3) is 0 Å². The van der Waals surface area contributed by atoms with E-state index in [1.54, 1.807) is 36.4 Å². The van der Waals surface area contributed by atoms with Gasteiger partial charge >= 0.3 is 0 Å². The molecule has 0 amide bonds. The number of anilines is 1. The lowest BCUT2D eigenvalue weighted by Gasteiger charge is -2.21. The van der Waals surface area contributed by atoms with Gasteiger partial charge in [-0.25, -0.2) is 0 Å². The van der Waals surface area contributed by atoms with E-state index in [4.69, 9.17) is 20.3 Å². The van der Waals surface area contributed by atoms with Crippen molar-refractivity contribution in [3.05, 3.63) is 42.0 Å². The lowest BCUT2D eigenvalue weighted by molar-refractivity contribution is 0.124. The lowest BCUT2D eigenvalue weighted by atomic mass is 10.2. The summed E-state index contributed by atoms with van der Waals surface area (Å²) in [5.41, 5.74) is 6.76. The van der Waals surface area contributed by atoms with Gasteiger partial charge in [-0.1, -0.05) is 12.1 Å². The smallest absolute Gasteiger partial charge is 0.241 e. The first-order valence-electron chi connectivity index (χ1n) is 6.70. The van der Waals surface area contributed by atoms with E-state index in [1.165, 1.54) is 0 Å². The van der Waals surface area contributed by atoms with E-state index in [1.807, 2.05) is 20.8 Å². The molecule has 0 atom stereocenters. The summed E-state index contributed by atoms with van der Waals surface area (Å²) in [6.45, 7) is 5.78. The topological polar surface area (TPSA) is 77.6 Å². The first-order valence-corrected chi connectivity index (χ1v) is 6.70. The van der Waals surface area contributed by atoms with E-state index >= 15 is 0 Å². The standard InChI is InChI=1S/C16H20N2O3/c1-16(2,3)21-15-13(17)8-9-14(18-15)20-12-6-4-11(10-19)5-7-12/h4-9,19H,10,17H2,1-3H3. The molecule has 112 valence electrons. The molecule has 0 fully saturated rings. The molecule has 2 aromatic rings. The van der Waals surface area contributed by atoms with Gasteiger partial charge in [-0.3, -0.25) is 0 Å². The van der Waals surface area contributed by atoms with Crippen LogP contribution < -0.4 is 15.2 Å². The Labute approximate surface area is 124 Å². The van der Waals surface area contributed by atoms with Crippen molar-refractivity contribution >= 4 is 5.69 Å². The number of nitrogens with two attached hydrogens (primary N) is 1. The molecule has 2 rings (SSSR count). The van der Waals surface area contributed by atoms with E-state index in [0.29, 0.717) is 23.2 Å². The van der Waals surface area contributed by atoms with Crippen LogP contribution in [0.1, 0.15) is 26.3 Å². The van der Waals surface area contributed by atoms with Crippen molar-refractivity contribution in [1.29, 1.82) is 0 Å². The third-order valence-electron chi connectivity index (χ3n) is 2.60. The lowest BCUT2D eigenvalue weighted by Crippen LogP contribution is -2.24. The van der Waals surface area contributed by atoms with Gasteiger partial charge in [0, 0.05) is 6.07 Å². The summed E-state index contributed by atoms with van der Waals surface area (Å²) in [6.07, 6.45) is 0. The first-order chi connectivity index (χ1) is 9.87. The highest BCUT2D eigenvalue weighted by molar-refractivity contribution is 5.50. The van der Waals surface area contributed by atoms with Gasteiger partial charge in [-0.2, -0.15) is 4.98 Å². The highest BCUT2D eigenvalue weighted by atomic mass is 16.5. The Hall–Kier alpha value is -2.27. The SMILES string of the molecule is CC(C)(C)Oc1nc(Oc2ccc(CO)cc2)ccc1N. The molecule has 0 saturated heterocycles. The number of nitrogen functional groups attached to an aromatic ring is 1. The number of aliphatic hydroxyl groups is 1. The summed E-state index contributed by atoms with van der Waals surface area (Å²) >= 11 is 0. The van der Waals surface area contributed by atoms with Gasteiger partial charge in [0.25, 0.3) is 0 Å². The zero-order valence-corrected chi connectivity index (χ0v) is 12.5. The average molecular weight is 288 g/mol. The maximum absolute atomic E-state index is 9.01. The Balaban J connectivity index is 2.18. The van der Waals surface area contributed by atoms with Crippen LogP contribution in [0.15, 0.2) is 36.4 Å². The van der Waals surface area contributed by atoms with Crippen molar-refractivity contribution in [3.63, 3.8) is 0 Å². The van der Waals surface area contributed by atoms with Gasteiger partial charge < -0.3 is 20.3 Å². The summed E-state index contributed by atoms with van der Waals surface area (Å²) in [5, 5.41) is 9.01. The van der Waals surface area contributed by atoms with Crippen molar-refractivity contribution in [3.8, 4) is 17.5 Å². The molecule has 1 heterocycles. The average Bonchev–Trinajstić information content (AvgIpc) is 2.42. The minimum atomic E-state index is -0.386. The number of pyridine rings is 1. The number of hydrogen-bond donors (Lipinski definition) is 2. The molecule has 5 heteroatoms. The molecule has 5 nitrogen and oxygen atoms in total. The molecule has 0 aliphatic heterocycles. The molecule has 0 aliphatic carbocycles. The Kier molecular flexibility index (Phi) is 4.33. The summed E-state index contributed by atoms with van der Waals surface area (Å²) in [4.78, 5) is 4.28. The van der Waals surface area contributed by atoms with Crippen LogP contribution in [0.2, 0.25) is 0 Å². The second-order valence-electron chi connectivity index (χ2n) is 5.66. The van der Waals surface area contributed by atoms with Crippen LogP contribution in [0.4, 0.5) is 5.69 Å². The molecule has 1 aromatic heterocycles. The van der Waals surface area contributed by atoms with E-state index < -0.39 is 0 Å². The largest absolute Gasteiger partial charge is 0.470 e. The predicted molar refractivity (Wildman–Crippen MR) is 81.5 cm³/mol. The highest BCUT2D eigenvalue weighted by Crippen LogP contribution is 2.28. The number of nitrogens with zero attached hydrogens (tertiary/aromatic N) is 1. The van der Waals surface area contributed by atoms with Crippen molar-refractivity contribution in [1.82, 2.24) is 4.98 Å². The van der Waals surface area contributed by atoms with Crippen LogP contribution in [0.3, 0.4) is 0 Å². The van der Waals surface area contributed by atoms with Crippen LogP contribution in [0.5, 0.6) is 17.5 Å². The van der Waals surface area contributed by atoms with E-state index in [9.17, 15) is 0 Å². The number of benzene rings is 1. The molecular weight excluding hydrogens is 268 g/mol. The van der Waals surface area contributed by atoms with Gasteiger partial charge in [-0.15, -0.1) is 0 Å². The van der Waals surface area contributed by atoms with Gasteiger partial charge in [0.05, 0.1) is 12.3 Å². The van der Waals surface area contributed by atoms with Crippen LogP contribution in [0, 0.1) is 0 Å². The molecule has 0 spiro atoms. The summed E-state index contributed by atoms with van der Waals surface area (Å²) in [5.74, 6) is 1.39. The third-order valence-corrected chi connectivity index (χ3v) is 2.60. The highest BCUT2D eigenvalue weighted by Gasteiger charge is 2.16. The van der Waals surface area contributed by atoms with Crippen molar-refractivity contribution in [2.24, 2.45) is 0 Å². The zero-order chi connectivity index (χ0) is 15.5.